The number of rotatable bonds is 3. The molecule has 1 heterocycles. The van der Waals surface area contributed by atoms with E-state index in [4.69, 9.17) is 11.0 Å². The van der Waals surface area contributed by atoms with Crippen LogP contribution in [0.15, 0.2) is 18.2 Å². The average Bonchev–Trinajstić information content (AvgIpc) is 3.18. The first-order chi connectivity index (χ1) is 9.63. The molecule has 1 aliphatic heterocycles. The summed E-state index contributed by atoms with van der Waals surface area (Å²) in [5.74, 6) is 0.178. The van der Waals surface area contributed by atoms with Crippen LogP contribution in [0.5, 0.6) is 0 Å². The summed E-state index contributed by atoms with van der Waals surface area (Å²) >= 11 is 0. The second-order valence-electron chi connectivity index (χ2n) is 6.06. The molecule has 1 saturated carbocycles. The van der Waals surface area contributed by atoms with E-state index in [1.54, 1.807) is 0 Å². The van der Waals surface area contributed by atoms with Crippen LogP contribution < -0.4 is 10.6 Å². The molecule has 0 bridgehead atoms. The van der Waals surface area contributed by atoms with E-state index in [-0.39, 0.29) is 11.3 Å². The van der Waals surface area contributed by atoms with E-state index < -0.39 is 0 Å². The van der Waals surface area contributed by atoms with E-state index in [2.05, 4.69) is 6.07 Å². The first-order valence-electron chi connectivity index (χ1n) is 7.19. The normalized spacial score (nSPS) is 19.9. The molecule has 3 rings (SSSR count). The highest BCUT2D eigenvalue weighted by Gasteiger charge is 2.45. The number of nitrogens with zero attached hydrogens (tertiary/aromatic N) is 2. The van der Waals surface area contributed by atoms with Crippen molar-refractivity contribution in [3.05, 3.63) is 23.8 Å². The molecule has 0 atom stereocenters. The largest absolute Gasteiger partial charge is 0.399 e. The van der Waals surface area contributed by atoms with Crippen molar-refractivity contribution in [2.75, 3.05) is 17.2 Å². The van der Waals surface area contributed by atoms with E-state index in [0.717, 1.165) is 42.6 Å². The number of fused-ring (bicyclic) bond motifs is 1. The Hall–Kier alpha value is -2.02. The second-order valence-corrected chi connectivity index (χ2v) is 6.06. The van der Waals surface area contributed by atoms with Crippen LogP contribution in [0.4, 0.5) is 11.4 Å². The minimum absolute atomic E-state index is 0.0351. The van der Waals surface area contributed by atoms with Gasteiger partial charge in [0.2, 0.25) is 5.91 Å². The Kier molecular flexibility index (Phi) is 3.13. The van der Waals surface area contributed by atoms with Gasteiger partial charge in [0.05, 0.1) is 6.07 Å². The molecule has 2 aliphatic rings. The van der Waals surface area contributed by atoms with Gasteiger partial charge in [0.25, 0.3) is 0 Å². The van der Waals surface area contributed by atoms with E-state index in [1.165, 1.54) is 0 Å². The number of carbonyl (C=O) groups is 1. The Balaban J connectivity index is 1.92. The summed E-state index contributed by atoms with van der Waals surface area (Å²) < 4.78 is 0. The molecule has 1 aliphatic carbocycles. The predicted molar refractivity (Wildman–Crippen MR) is 78.0 cm³/mol. The molecule has 2 N–H and O–H groups in total. The van der Waals surface area contributed by atoms with Crippen LogP contribution >= 0.6 is 0 Å². The van der Waals surface area contributed by atoms with Crippen molar-refractivity contribution < 1.29 is 4.79 Å². The number of amides is 1. The topological polar surface area (TPSA) is 70.1 Å². The fourth-order valence-corrected chi connectivity index (χ4v) is 3.01. The lowest BCUT2D eigenvalue weighted by Crippen LogP contribution is -2.35. The van der Waals surface area contributed by atoms with Crippen molar-refractivity contribution in [3.8, 4) is 6.07 Å². The van der Waals surface area contributed by atoms with Crippen molar-refractivity contribution >= 4 is 17.3 Å². The van der Waals surface area contributed by atoms with Gasteiger partial charge in [-0.05, 0) is 49.4 Å². The van der Waals surface area contributed by atoms with E-state index in [1.807, 2.05) is 23.1 Å². The van der Waals surface area contributed by atoms with Crippen molar-refractivity contribution in [1.82, 2.24) is 0 Å². The molecule has 1 aromatic carbocycles. The molecule has 4 heteroatoms. The zero-order valence-corrected chi connectivity index (χ0v) is 11.6. The third-order valence-corrected chi connectivity index (χ3v) is 4.44. The highest BCUT2D eigenvalue weighted by molar-refractivity contribution is 5.95. The Morgan fingerprint density at radius 1 is 1.35 bits per heavy atom. The standard InChI is InChI=1S/C16H19N3O/c17-9-8-16(6-7-16)11-19-14-5-4-13(18)10-12(14)2-1-3-15(19)20/h4-5,10H,1-3,6-8,11,18H2. The predicted octanol–water partition coefficient (Wildman–Crippen LogP) is 2.63. The van der Waals surface area contributed by atoms with Gasteiger partial charge in [0, 0.05) is 36.2 Å². The number of carbonyl (C=O) groups excluding carboxylic acids is 1. The monoisotopic (exact) mass is 269 g/mol. The van der Waals surface area contributed by atoms with Gasteiger partial charge < -0.3 is 10.6 Å². The minimum atomic E-state index is 0.0351. The summed E-state index contributed by atoms with van der Waals surface area (Å²) in [5.41, 5.74) is 8.78. The fraction of sp³-hybridized carbons (Fsp3) is 0.500. The summed E-state index contributed by atoms with van der Waals surface area (Å²) in [6.07, 6.45) is 4.99. The lowest BCUT2D eigenvalue weighted by Gasteiger charge is -2.27. The first-order valence-corrected chi connectivity index (χ1v) is 7.19. The molecule has 0 saturated heterocycles. The number of nitrogens with two attached hydrogens (primary N) is 1. The van der Waals surface area contributed by atoms with E-state index in [0.29, 0.717) is 19.4 Å². The quantitative estimate of drug-likeness (QED) is 0.857. The maximum absolute atomic E-state index is 12.4. The van der Waals surface area contributed by atoms with Crippen molar-refractivity contribution in [3.63, 3.8) is 0 Å². The number of nitriles is 1. The molecular weight excluding hydrogens is 250 g/mol. The van der Waals surface area contributed by atoms with Gasteiger partial charge in [-0.25, -0.2) is 0 Å². The van der Waals surface area contributed by atoms with Crippen LogP contribution in [0.25, 0.3) is 0 Å². The van der Waals surface area contributed by atoms with Crippen molar-refractivity contribution in [2.45, 2.75) is 38.5 Å². The van der Waals surface area contributed by atoms with Crippen LogP contribution in [0.3, 0.4) is 0 Å². The van der Waals surface area contributed by atoms with E-state index >= 15 is 0 Å². The molecule has 20 heavy (non-hydrogen) atoms. The minimum Gasteiger partial charge on any atom is -0.399 e. The van der Waals surface area contributed by atoms with Gasteiger partial charge in [-0.3, -0.25) is 4.79 Å². The SMILES string of the molecule is N#CCC1(CN2C(=O)CCCc3cc(N)ccc32)CC1. The Bertz CT molecular complexity index is 584. The van der Waals surface area contributed by atoms with Crippen LogP contribution in [0.2, 0.25) is 0 Å². The maximum atomic E-state index is 12.4. The molecule has 0 aromatic heterocycles. The zero-order chi connectivity index (χ0) is 14.2. The summed E-state index contributed by atoms with van der Waals surface area (Å²) in [6.45, 7) is 0.677. The van der Waals surface area contributed by atoms with Gasteiger partial charge in [-0.15, -0.1) is 0 Å². The van der Waals surface area contributed by atoms with Crippen LogP contribution in [0, 0.1) is 16.7 Å². The summed E-state index contributed by atoms with van der Waals surface area (Å²) in [5, 5.41) is 8.95. The molecule has 104 valence electrons. The lowest BCUT2D eigenvalue weighted by molar-refractivity contribution is -0.118. The van der Waals surface area contributed by atoms with Crippen molar-refractivity contribution in [1.29, 1.82) is 5.26 Å². The number of anilines is 2. The molecular formula is C16H19N3O. The van der Waals surface area contributed by atoms with Gasteiger partial charge in [0.15, 0.2) is 0 Å². The molecule has 4 nitrogen and oxygen atoms in total. The van der Waals surface area contributed by atoms with Gasteiger partial charge in [-0.2, -0.15) is 5.26 Å². The number of hydrogen-bond donors (Lipinski definition) is 1. The van der Waals surface area contributed by atoms with Gasteiger partial charge in [0.1, 0.15) is 0 Å². The number of nitrogen functional groups attached to an aromatic ring is 1. The third kappa shape index (κ3) is 2.36. The number of benzene rings is 1. The van der Waals surface area contributed by atoms with Crippen LogP contribution in [-0.2, 0) is 11.2 Å². The summed E-state index contributed by atoms with van der Waals surface area (Å²) in [7, 11) is 0. The third-order valence-electron chi connectivity index (χ3n) is 4.44. The molecule has 0 spiro atoms. The molecule has 0 radical (unpaired) electrons. The Morgan fingerprint density at radius 2 is 2.15 bits per heavy atom. The van der Waals surface area contributed by atoms with Gasteiger partial charge in [-0.1, -0.05) is 0 Å². The second kappa shape index (κ2) is 4.82. The van der Waals surface area contributed by atoms with Crippen LogP contribution in [0.1, 0.15) is 37.7 Å². The number of aryl methyl sites for hydroxylation is 1. The highest BCUT2D eigenvalue weighted by Crippen LogP contribution is 2.50. The maximum Gasteiger partial charge on any atom is 0.227 e. The number of hydrogen-bond acceptors (Lipinski definition) is 3. The summed E-state index contributed by atoms with van der Waals surface area (Å²) in [6, 6.07) is 8.05. The Morgan fingerprint density at radius 3 is 2.85 bits per heavy atom. The smallest absolute Gasteiger partial charge is 0.227 e. The summed E-state index contributed by atoms with van der Waals surface area (Å²) in [4.78, 5) is 14.3. The average molecular weight is 269 g/mol. The lowest BCUT2D eigenvalue weighted by atomic mass is 10.0. The van der Waals surface area contributed by atoms with Gasteiger partial charge >= 0.3 is 0 Å². The first kappa shape index (κ1) is 13.0. The fourth-order valence-electron chi connectivity index (χ4n) is 3.01. The molecule has 1 aromatic rings. The van der Waals surface area contributed by atoms with Crippen molar-refractivity contribution in [2.24, 2.45) is 5.41 Å². The zero-order valence-electron chi connectivity index (χ0n) is 11.6. The molecule has 0 unspecified atom stereocenters. The highest BCUT2D eigenvalue weighted by atomic mass is 16.2. The molecule has 1 fully saturated rings. The van der Waals surface area contributed by atoms with Crippen LogP contribution in [-0.4, -0.2) is 12.5 Å². The Labute approximate surface area is 119 Å². The molecule has 1 amide bonds. The van der Waals surface area contributed by atoms with E-state index in [9.17, 15) is 4.79 Å².